The number of benzene rings is 2. The summed E-state index contributed by atoms with van der Waals surface area (Å²) in [6, 6.07) is 12.6. The summed E-state index contributed by atoms with van der Waals surface area (Å²) in [5, 5.41) is 20.8. The van der Waals surface area contributed by atoms with Crippen molar-refractivity contribution in [3.05, 3.63) is 54.1 Å². The van der Waals surface area contributed by atoms with Crippen molar-refractivity contribution in [3.63, 3.8) is 0 Å². The molecule has 8 heteroatoms. The Morgan fingerprint density at radius 3 is 2.38 bits per heavy atom. The number of hydrogen-bond donors (Lipinski definition) is 3. The van der Waals surface area contributed by atoms with Crippen molar-refractivity contribution >= 4 is 17.7 Å². The number of phenols is 1. The molecule has 0 saturated carbocycles. The molecule has 1 amide bonds. The van der Waals surface area contributed by atoms with Crippen LogP contribution in [0.15, 0.2) is 48.5 Å². The molecule has 2 aromatic carbocycles. The summed E-state index contributed by atoms with van der Waals surface area (Å²) in [6.07, 6.45) is -2.41. The fourth-order valence-electron chi connectivity index (χ4n) is 2.10. The minimum atomic E-state index is -1.32. The van der Waals surface area contributed by atoms with Gasteiger partial charge in [-0.1, -0.05) is 18.2 Å². The highest BCUT2D eigenvalue weighted by atomic mass is 16.8. The minimum Gasteiger partial charge on any atom is -0.507 e. The lowest BCUT2D eigenvalue weighted by Gasteiger charge is -2.20. The summed E-state index contributed by atoms with van der Waals surface area (Å²) < 4.78 is 15.9. The van der Waals surface area contributed by atoms with Crippen LogP contribution in [-0.4, -0.2) is 34.9 Å². The van der Waals surface area contributed by atoms with Gasteiger partial charge in [0.15, 0.2) is 0 Å². The van der Waals surface area contributed by atoms with Gasteiger partial charge in [-0.3, -0.25) is 5.32 Å². The molecule has 0 fully saturated rings. The summed E-state index contributed by atoms with van der Waals surface area (Å²) in [5.74, 6) is -1.11. The molecule has 2 rings (SSSR count). The summed E-state index contributed by atoms with van der Waals surface area (Å²) >= 11 is 0. The van der Waals surface area contributed by atoms with Crippen molar-refractivity contribution in [2.75, 3.05) is 5.32 Å². The van der Waals surface area contributed by atoms with E-state index in [1.165, 1.54) is 13.0 Å². The number of aromatic carboxylic acids is 1. The molecule has 2 atom stereocenters. The fourth-order valence-corrected chi connectivity index (χ4v) is 2.10. The van der Waals surface area contributed by atoms with Crippen LogP contribution in [0.4, 0.5) is 10.5 Å². The average Bonchev–Trinajstić information content (AvgIpc) is 2.56. The lowest BCUT2D eigenvalue weighted by Crippen LogP contribution is -2.28. The van der Waals surface area contributed by atoms with E-state index in [2.05, 4.69) is 5.32 Å². The molecule has 0 aromatic heterocycles. The van der Waals surface area contributed by atoms with Crippen LogP contribution in [0.3, 0.4) is 0 Å². The molecule has 2 unspecified atom stereocenters. The molecule has 0 aliphatic carbocycles. The fraction of sp³-hybridized carbons (Fsp3) is 0.222. The molecule has 3 N–H and O–H groups in total. The van der Waals surface area contributed by atoms with Gasteiger partial charge >= 0.3 is 12.1 Å². The molecule has 0 heterocycles. The topological polar surface area (TPSA) is 114 Å². The highest BCUT2D eigenvalue weighted by Crippen LogP contribution is 2.21. The van der Waals surface area contributed by atoms with Crippen LogP contribution < -0.4 is 10.1 Å². The molecule has 26 heavy (non-hydrogen) atoms. The van der Waals surface area contributed by atoms with E-state index in [1.807, 2.05) is 18.2 Å². The second kappa shape index (κ2) is 8.72. The van der Waals surface area contributed by atoms with Gasteiger partial charge in [0.05, 0.1) is 0 Å². The number of rotatable bonds is 7. The lowest BCUT2D eigenvalue weighted by atomic mass is 10.2. The number of hydrogen-bond acceptors (Lipinski definition) is 6. The van der Waals surface area contributed by atoms with E-state index < -0.39 is 30.4 Å². The standard InChI is InChI=1S/C18H19NO7/c1-11(25-14-6-4-3-5-7-14)24-12(2)26-18(23)19-13-8-9-16(20)15(10-13)17(21)22/h3-12,20H,1-2H3,(H,19,23)(H,21,22). The molecule has 0 aliphatic heterocycles. The number of aromatic hydroxyl groups is 1. The third-order valence-electron chi connectivity index (χ3n) is 3.17. The Morgan fingerprint density at radius 2 is 1.73 bits per heavy atom. The molecule has 2 aromatic rings. The average molecular weight is 361 g/mol. The van der Waals surface area contributed by atoms with E-state index in [4.69, 9.17) is 19.3 Å². The Kier molecular flexibility index (Phi) is 6.40. The van der Waals surface area contributed by atoms with Gasteiger partial charge in [-0.2, -0.15) is 0 Å². The molecule has 0 radical (unpaired) electrons. The Balaban J connectivity index is 1.85. The zero-order valence-electron chi connectivity index (χ0n) is 14.2. The molecule has 0 spiro atoms. The second-order valence-corrected chi connectivity index (χ2v) is 5.27. The van der Waals surface area contributed by atoms with E-state index in [0.29, 0.717) is 5.75 Å². The highest BCUT2D eigenvalue weighted by Gasteiger charge is 2.16. The minimum absolute atomic E-state index is 0.158. The molecule has 0 bridgehead atoms. The maximum absolute atomic E-state index is 11.9. The van der Waals surface area contributed by atoms with Gasteiger partial charge in [0.25, 0.3) is 0 Å². The molecule has 8 nitrogen and oxygen atoms in total. The van der Waals surface area contributed by atoms with Gasteiger partial charge in [-0.05, 0) is 44.2 Å². The largest absolute Gasteiger partial charge is 0.507 e. The van der Waals surface area contributed by atoms with Crippen LogP contribution in [0.5, 0.6) is 11.5 Å². The van der Waals surface area contributed by atoms with Crippen LogP contribution in [0.25, 0.3) is 0 Å². The lowest BCUT2D eigenvalue weighted by molar-refractivity contribution is -0.178. The van der Waals surface area contributed by atoms with Crippen LogP contribution in [-0.2, 0) is 9.47 Å². The van der Waals surface area contributed by atoms with Crippen LogP contribution in [0.2, 0.25) is 0 Å². The van der Waals surface area contributed by atoms with E-state index in [9.17, 15) is 14.7 Å². The van der Waals surface area contributed by atoms with E-state index in [-0.39, 0.29) is 11.3 Å². The van der Waals surface area contributed by atoms with Crippen molar-refractivity contribution in [1.82, 2.24) is 0 Å². The molecule has 138 valence electrons. The number of ether oxygens (including phenoxy) is 3. The predicted molar refractivity (Wildman–Crippen MR) is 92.2 cm³/mol. The number of anilines is 1. The molecule has 0 saturated heterocycles. The van der Waals surface area contributed by atoms with Crippen LogP contribution >= 0.6 is 0 Å². The summed E-state index contributed by atoms with van der Waals surface area (Å²) in [6.45, 7) is 3.17. The quantitative estimate of drug-likeness (QED) is 0.511. The zero-order chi connectivity index (χ0) is 19.1. The summed E-state index contributed by atoms with van der Waals surface area (Å²) in [4.78, 5) is 22.8. The number of carboxylic acid groups (broad SMARTS) is 1. The van der Waals surface area contributed by atoms with Crippen molar-refractivity contribution in [1.29, 1.82) is 0 Å². The Morgan fingerprint density at radius 1 is 1.04 bits per heavy atom. The summed E-state index contributed by atoms with van der Waals surface area (Å²) in [7, 11) is 0. The van der Waals surface area contributed by atoms with Gasteiger partial charge < -0.3 is 24.4 Å². The highest BCUT2D eigenvalue weighted by molar-refractivity contribution is 5.93. The normalized spacial score (nSPS) is 12.7. The third-order valence-corrected chi connectivity index (χ3v) is 3.17. The maximum Gasteiger partial charge on any atom is 0.413 e. The first-order valence-electron chi connectivity index (χ1n) is 7.76. The van der Waals surface area contributed by atoms with Crippen molar-refractivity contribution < 1.29 is 34.0 Å². The van der Waals surface area contributed by atoms with Gasteiger partial charge in [-0.25, -0.2) is 9.59 Å². The number of carbonyl (C=O) groups is 2. The monoisotopic (exact) mass is 361 g/mol. The second-order valence-electron chi connectivity index (χ2n) is 5.27. The number of carbonyl (C=O) groups excluding carboxylic acids is 1. The van der Waals surface area contributed by atoms with Gasteiger partial charge in [0.1, 0.15) is 17.1 Å². The van der Waals surface area contributed by atoms with Crippen LogP contribution in [0.1, 0.15) is 24.2 Å². The molecular weight excluding hydrogens is 342 g/mol. The first kappa shape index (κ1) is 19.1. The Bertz CT molecular complexity index is 763. The van der Waals surface area contributed by atoms with E-state index in [0.717, 1.165) is 12.1 Å². The maximum atomic E-state index is 11.9. The van der Waals surface area contributed by atoms with Gasteiger partial charge in [-0.15, -0.1) is 0 Å². The first-order chi connectivity index (χ1) is 12.3. The van der Waals surface area contributed by atoms with Gasteiger partial charge in [0.2, 0.25) is 12.6 Å². The zero-order valence-corrected chi connectivity index (χ0v) is 14.2. The number of nitrogens with one attached hydrogen (secondary N) is 1. The first-order valence-corrected chi connectivity index (χ1v) is 7.76. The van der Waals surface area contributed by atoms with Gasteiger partial charge in [0, 0.05) is 5.69 Å². The molecular formula is C18H19NO7. The SMILES string of the molecule is CC(OC(=O)Nc1ccc(O)c(C(=O)O)c1)OC(C)Oc1ccccc1. The van der Waals surface area contributed by atoms with E-state index >= 15 is 0 Å². The molecule has 0 aliphatic rings. The summed E-state index contributed by atoms with van der Waals surface area (Å²) in [5.41, 5.74) is -0.178. The number of para-hydroxylation sites is 1. The van der Waals surface area contributed by atoms with E-state index in [1.54, 1.807) is 19.1 Å². The van der Waals surface area contributed by atoms with Crippen molar-refractivity contribution in [2.24, 2.45) is 0 Å². The Hall–Kier alpha value is -3.26. The number of amides is 1. The predicted octanol–water partition coefficient (Wildman–Crippen LogP) is 3.43. The third kappa shape index (κ3) is 5.67. The van der Waals surface area contributed by atoms with Crippen LogP contribution in [0, 0.1) is 0 Å². The van der Waals surface area contributed by atoms with Crippen molar-refractivity contribution in [2.45, 2.75) is 26.4 Å². The Labute approximate surface area is 149 Å². The smallest absolute Gasteiger partial charge is 0.413 e. The number of carboxylic acids is 1. The van der Waals surface area contributed by atoms with Crippen molar-refractivity contribution in [3.8, 4) is 11.5 Å².